The number of hydrogen-bond acceptors (Lipinski definition) is 5. The van der Waals surface area contributed by atoms with E-state index in [0.29, 0.717) is 38.3 Å². The Hall–Kier alpha value is -3.69. The molecule has 0 fully saturated rings. The van der Waals surface area contributed by atoms with Gasteiger partial charge in [-0.25, -0.2) is 4.98 Å². The van der Waals surface area contributed by atoms with E-state index in [2.05, 4.69) is 17.6 Å². The van der Waals surface area contributed by atoms with E-state index in [1.165, 1.54) is 15.7 Å². The van der Waals surface area contributed by atoms with Crippen LogP contribution in [0, 0.1) is 18.3 Å². The smallest absolute Gasteiger partial charge is 0.264 e. The first-order valence-corrected chi connectivity index (χ1v) is 9.80. The number of rotatable bonds is 3. The Bertz CT molecular complexity index is 1480. The maximum Gasteiger partial charge on any atom is 0.264 e. The molecule has 0 aliphatic heterocycles. The monoisotopic (exact) mass is 399 g/mol. The Morgan fingerprint density at radius 2 is 2.10 bits per heavy atom. The summed E-state index contributed by atoms with van der Waals surface area (Å²) in [6, 6.07) is 9.69. The lowest BCUT2D eigenvalue weighted by Crippen LogP contribution is -2.34. The molecule has 0 unspecified atom stereocenters. The largest absolute Gasteiger partial charge is 0.506 e. The molecule has 0 radical (unpaired) electrons. The van der Waals surface area contributed by atoms with Gasteiger partial charge in [0, 0.05) is 15.3 Å². The van der Waals surface area contributed by atoms with Crippen LogP contribution in [0.1, 0.15) is 34.3 Å². The van der Waals surface area contributed by atoms with E-state index in [-0.39, 0.29) is 11.3 Å². The van der Waals surface area contributed by atoms with Crippen molar-refractivity contribution in [2.45, 2.75) is 13.8 Å². The molecule has 0 aliphatic carbocycles. The Kier molecular flexibility index (Phi) is 4.53. The number of nitrogens with zero attached hydrogens (tertiary/aromatic N) is 3. The Labute approximate surface area is 170 Å². The summed E-state index contributed by atoms with van der Waals surface area (Å²) in [4.78, 5) is 18.4. The van der Waals surface area contributed by atoms with Gasteiger partial charge in [-0.1, -0.05) is 24.8 Å². The molecule has 1 N–H and O–H groups in total. The molecule has 29 heavy (non-hydrogen) atoms. The van der Waals surface area contributed by atoms with Crippen molar-refractivity contribution < 1.29 is 5.11 Å². The third-order valence-electron chi connectivity index (χ3n) is 4.88. The number of nitriles is 1. The number of pyridine rings is 1. The Balaban J connectivity index is 2.16. The van der Waals surface area contributed by atoms with Gasteiger partial charge in [-0.3, -0.25) is 9.20 Å². The fraction of sp³-hybridized carbons (Fsp3) is 0.0870. The summed E-state index contributed by atoms with van der Waals surface area (Å²) in [6.07, 6.45) is 6.82. The second-order valence-corrected chi connectivity index (χ2v) is 7.62. The van der Waals surface area contributed by atoms with Crippen LogP contribution in [-0.4, -0.2) is 14.5 Å². The zero-order chi connectivity index (χ0) is 20.7. The Morgan fingerprint density at radius 1 is 1.34 bits per heavy atom. The molecule has 0 amide bonds. The molecular formula is C23H17N3O2S. The predicted octanol–water partition coefficient (Wildman–Crippen LogP) is 4.02. The molecule has 0 bridgehead atoms. The molecular weight excluding hydrogens is 382 g/mol. The highest BCUT2D eigenvalue weighted by molar-refractivity contribution is 7.20. The van der Waals surface area contributed by atoms with Crippen LogP contribution >= 0.6 is 11.3 Å². The van der Waals surface area contributed by atoms with Gasteiger partial charge in [0.2, 0.25) is 0 Å². The van der Waals surface area contributed by atoms with Crippen molar-refractivity contribution in [1.29, 1.82) is 5.26 Å². The van der Waals surface area contributed by atoms with Gasteiger partial charge in [-0.15, -0.1) is 11.3 Å². The van der Waals surface area contributed by atoms with Crippen LogP contribution in [0.5, 0.6) is 5.75 Å². The zero-order valence-electron chi connectivity index (χ0n) is 15.9. The zero-order valence-corrected chi connectivity index (χ0v) is 16.7. The van der Waals surface area contributed by atoms with Crippen molar-refractivity contribution in [2.24, 2.45) is 0 Å². The van der Waals surface area contributed by atoms with E-state index in [1.807, 2.05) is 37.3 Å². The van der Waals surface area contributed by atoms with E-state index < -0.39 is 0 Å². The van der Waals surface area contributed by atoms with Crippen LogP contribution in [0.15, 0.2) is 41.7 Å². The maximum atomic E-state index is 13.4. The van der Waals surface area contributed by atoms with Crippen molar-refractivity contribution in [3.63, 3.8) is 0 Å². The average molecular weight is 399 g/mol. The van der Waals surface area contributed by atoms with E-state index >= 15 is 0 Å². The molecule has 4 aromatic rings. The molecule has 3 aromatic heterocycles. The van der Waals surface area contributed by atoms with Crippen LogP contribution in [0.2, 0.25) is 0 Å². The number of aromatic nitrogens is 2. The van der Waals surface area contributed by atoms with Crippen LogP contribution in [0.4, 0.5) is 0 Å². The summed E-state index contributed by atoms with van der Waals surface area (Å²) in [5.74, 6) is 0.132. The summed E-state index contributed by atoms with van der Waals surface area (Å²) >= 11 is 1.39. The molecule has 142 valence electrons. The van der Waals surface area contributed by atoms with E-state index in [1.54, 1.807) is 25.2 Å². The molecule has 4 rings (SSSR count). The normalized spacial score (nSPS) is 12.2. The van der Waals surface area contributed by atoms with Gasteiger partial charge >= 0.3 is 0 Å². The lowest BCUT2D eigenvalue weighted by Gasteiger charge is -2.03. The summed E-state index contributed by atoms with van der Waals surface area (Å²) in [7, 11) is 0. The van der Waals surface area contributed by atoms with E-state index in [0.717, 1.165) is 10.1 Å². The van der Waals surface area contributed by atoms with Crippen LogP contribution in [0.25, 0.3) is 34.0 Å². The predicted molar refractivity (Wildman–Crippen MR) is 118 cm³/mol. The van der Waals surface area contributed by atoms with Gasteiger partial charge in [0.1, 0.15) is 11.8 Å². The number of aromatic hydroxyl groups is 1. The first-order chi connectivity index (χ1) is 14.0. The number of hydrogen-bond donors (Lipinski definition) is 1. The summed E-state index contributed by atoms with van der Waals surface area (Å²) in [6.45, 7) is 7.39. The van der Waals surface area contributed by atoms with Crippen molar-refractivity contribution in [3.05, 3.63) is 79.9 Å². The lowest BCUT2D eigenvalue weighted by atomic mass is 10.1. The molecule has 3 heterocycles. The van der Waals surface area contributed by atoms with Gasteiger partial charge < -0.3 is 5.11 Å². The highest BCUT2D eigenvalue weighted by atomic mass is 32.1. The third kappa shape index (κ3) is 2.75. The first kappa shape index (κ1) is 18.7. The first-order valence-electron chi connectivity index (χ1n) is 8.98. The maximum absolute atomic E-state index is 13.4. The highest BCUT2D eigenvalue weighted by Crippen LogP contribution is 2.37. The molecule has 5 nitrogen and oxygen atoms in total. The van der Waals surface area contributed by atoms with Crippen molar-refractivity contribution in [3.8, 4) is 11.8 Å². The van der Waals surface area contributed by atoms with Gasteiger partial charge in [0.25, 0.3) is 5.56 Å². The summed E-state index contributed by atoms with van der Waals surface area (Å²) in [5, 5.41) is 21.5. The SMILES string of the molecule is C=Cc1c(/C=C\C)nc2c(C#N)c(C)/c(=C\c3sc4ccccc4c3O)c(=O)n12. The fourth-order valence-corrected chi connectivity index (χ4v) is 4.51. The fourth-order valence-electron chi connectivity index (χ4n) is 3.47. The Morgan fingerprint density at radius 3 is 2.76 bits per heavy atom. The second kappa shape index (κ2) is 7.04. The van der Waals surface area contributed by atoms with Gasteiger partial charge in [0.05, 0.1) is 21.8 Å². The van der Waals surface area contributed by atoms with Gasteiger partial charge in [0.15, 0.2) is 5.65 Å². The number of fused-ring (bicyclic) bond motifs is 2. The minimum absolute atomic E-state index is 0.132. The van der Waals surface area contributed by atoms with Crippen molar-refractivity contribution >= 4 is 45.3 Å². The molecule has 6 heteroatoms. The van der Waals surface area contributed by atoms with Gasteiger partial charge in [-0.2, -0.15) is 5.26 Å². The number of thiophene rings is 1. The van der Waals surface area contributed by atoms with E-state index in [4.69, 9.17) is 0 Å². The van der Waals surface area contributed by atoms with E-state index in [9.17, 15) is 15.2 Å². The second-order valence-electron chi connectivity index (χ2n) is 6.53. The number of imidazole rings is 1. The quantitative estimate of drug-likeness (QED) is 0.564. The van der Waals surface area contributed by atoms with Crippen LogP contribution < -0.4 is 10.8 Å². The molecule has 0 atom stereocenters. The standard InChI is InChI=1S/C23H17N3O2S/c1-4-8-17-18(5-2)26-22(25-17)16(12-24)13(3)15(23(26)28)11-20-21(27)14-9-6-7-10-19(14)29-20/h4-11,27H,2H2,1,3H3/b8-4-,15-11+. The number of allylic oxidation sites excluding steroid dienone is 1. The van der Waals surface area contributed by atoms with Crippen molar-refractivity contribution in [2.75, 3.05) is 0 Å². The minimum atomic E-state index is -0.300. The summed E-state index contributed by atoms with van der Waals surface area (Å²) in [5.41, 5.74) is 2.00. The van der Waals surface area contributed by atoms with Crippen LogP contribution in [0.3, 0.4) is 0 Å². The average Bonchev–Trinajstić information content (AvgIpc) is 3.24. The van der Waals surface area contributed by atoms with Gasteiger partial charge in [-0.05, 0) is 49.8 Å². The minimum Gasteiger partial charge on any atom is -0.506 e. The van der Waals surface area contributed by atoms with Crippen LogP contribution in [-0.2, 0) is 0 Å². The highest BCUT2D eigenvalue weighted by Gasteiger charge is 2.18. The molecule has 0 saturated heterocycles. The molecule has 0 aliphatic rings. The number of benzene rings is 1. The third-order valence-corrected chi connectivity index (χ3v) is 5.99. The molecule has 1 aromatic carbocycles. The topological polar surface area (TPSA) is 78.4 Å². The molecule has 0 saturated carbocycles. The molecule has 0 spiro atoms. The summed E-state index contributed by atoms with van der Waals surface area (Å²) < 4.78 is 2.34. The van der Waals surface area contributed by atoms with Crippen molar-refractivity contribution in [1.82, 2.24) is 9.38 Å². The lowest BCUT2D eigenvalue weighted by molar-refractivity contribution is 0.482.